The molecular weight excluding hydrogens is 980 g/mol. The number of ether oxygens (including phenoxy) is 2. The van der Waals surface area contributed by atoms with E-state index in [-0.39, 0.29) is 69.3 Å². The van der Waals surface area contributed by atoms with E-state index in [2.05, 4.69) is 25.4 Å². The van der Waals surface area contributed by atoms with Crippen LogP contribution in [0.15, 0.2) is 77.3 Å². The first-order valence-corrected chi connectivity index (χ1v) is 19.0. The summed E-state index contributed by atoms with van der Waals surface area (Å²) >= 11 is 5.40. The maximum Gasteiger partial charge on any atom is 1.00 e. The van der Waals surface area contributed by atoms with Crippen LogP contribution in [0.3, 0.4) is 0 Å². The van der Waals surface area contributed by atoms with E-state index in [0.29, 0.717) is 40.3 Å². The standard InChI is InChI=1S/C19H11F7OS.C13H4BrF7O.C6H9BO2S.Na.H2O/c1-2-11-3-4-16(28-11)9-5-12(20)17(13(21)6-9)19(25,26)27-10-7-14(22)18(24)15(23)8-10;14-5-1-7(15)11(8(16)2-5)13(20,21)22-6-3-9(17)12(19)10(18)4-6;1-2-5-3-4-6(10-5)7(8)9;;/h3-8H,2H2,1H3;1-4H;3-4,8-9H,2H2,1H3;;1H2/q;;;+1;/p-1. The fourth-order valence-electron chi connectivity index (χ4n) is 4.84. The Balaban J connectivity index is 0.000000346. The van der Waals surface area contributed by atoms with E-state index in [1.807, 2.05) is 19.9 Å². The Hall–Kier alpha value is -3.68. The van der Waals surface area contributed by atoms with Crippen molar-refractivity contribution in [2.24, 2.45) is 0 Å². The molecule has 328 valence electrons. The van der Waals surface area contributed by atoms with Gasteiger partial charge in [-0.15, -0.1) is 22.7 Å². The summed E-state index contributed by atoms with van der Waals surface area (Å²) in [4.78, 5) is 2.60. The van der Waals surface area contributed by atoms with E-state index in [1.54, 1.807) is 18.2 Å². The van der Waals surface area contributed by atoms with Crippen LogP contribution in [-0.4, -0.2) is 22.6 Å². The molecule has 3 N–H and O–H groups in total. The number of rotatable bonds is 10. The number of hydrogen-bond donors (Lipinski definition) is 2. The van der Waals surface area contributed by atoms with Crippen molar-refractivity contribution < 1.29 is 116 Å². The first-order chi connectivity index (χ1) is 28.0. The molecule has 0 atom stereocenters. The second-order valence-electron chi connectivity index (χ2n) is 11.8. The summed E-state index contributed by atoms with van der Waals surface area (Å²) in [5, 5.41) is 17.4. The van der Waals surface area contributed by atoms with Gasteiger partial charge in [0, 0.05) is 48.1 Å². The van der Waals surface area contributed by atoms with Crippen LogP contribution >= 0.6 is 38.6 Å². The zero-order chi connectivity index (χ0) is 44.9. The number of alkyl halides is 4. The Morgan fingerprint density at radius 3 is 1.23 bits per heavy atom. The van der Waals surface area contributed by atoms with Crippen molar-refractivity contribution in [3.63, 3.8) is 0 Å². The minimum absolute atomic E-state index is 0. The van der Waals surface area contributed by atoms with Gasteiger partial charge in [-0.05, 0) is 60.9 Å². The molecule has 0 aliphatic rings. The Morgan fingerprint density at radius 1 is 0.548 bits per heavy atom. The SMILES string of the molecule is CCc1ccc(-c2cc(F)c(C(F)(F)Oc3cc(F)c(F)c(F)c3)c(F)c2)s1.CCc1ccc(B(O)O)s1.Fc1cc(OC(F)(F)c2c(F)cc(Br)cc2F)cc(F)c1F.[Na+].[OH-]. The molecule has 0 spiro atoms. The molecule has 0 saturated carbocycles. The van der Waals surface area contributed by atoms with Gasteiger partial charge in [0.05, 0.1) is 0 Å². The fraction of sp³-hybridized carbons (Fsp3) is 0.158. The average molecular weight is 1010 g/mol. The van der Waals surface area contributed by atoms with Gasteiger partial charge in [0.1, 0.15) is 45.9 Å². The smallest absolute Gasteiger partial charge is 0.870 e. The molecule has 4 aromatic carbocycles. The van der Waals surface area contributed by atoms with Crippen molar-refractivity contribution in [3.8, 4) is 21.9 Å². The fourth-order valence-corrected chi connectivity index (χ4v) is 7.00. The van der Waals surface area contributed by atoms with Crippen LogP contribution < -0.4 is 43.8 Å². The molecule has 5 nitrogen and oxygen atoms in total. The minimum atomic E-state index is -4.60. The van der Waals surface area contributed by atoms with Crippen LogP contribution in [0.1, 0.15) is 34.7 Å². The number of hydrogen-bond acceptors (Lipinski definition) is 7. The van der Waals surface area contributed by atoms with Crippen molar-refractivity contribution in [1.82, 2.24) is 0 Å². The molecule has 2 heterocycles. The van der Waals surface area contributed by atoms with E-state index in [0.717, 1.165) is 11.3 Å². The molecule has 0 fully saturated rings. The zero-order valence-corrected chi connectivity index (χ0v) is 36.8. The van der Waals surface area contributed by atoms with Gasteiger partial charge < -0.3 is 25.0 Å². The van der Waals surface area contributed by atoms with E-state index in [4.69, 9.17) is 10.0 Å². The maximum atomic E-state index is 14.3. The first kappa shape index (κ1) is 54.5. The third-order valence-corrected chi connectivity index (χ3v) is 10.6. The third kappa shape index (κ3) is 13.7. The molecule has 62 heavy (non-hydrogen) atoms. The third-order valence-electron chi connectivity index (χ3n) is 7.62. The summed E-state index contributed by atoms with van der Waals surface area (Å²) < 4.78 is 198. The molecule has 6 rings (SSSR count). The summed E-state index contributed by atoms with van der Waals surface area (Å²) in [7, 11) is -1.30. The van der Waals surface area contributed by atoms with E-state index in [9.17, 15) is 61.5 Å². The van der Waals surface area contributed by atoms with Crippen LogP contribution in [0.5, 0.6) is 11.5 Å². The summed E-state index contributed by atoms with van der Waals surface area (Å²) in [6.45, 7) is 3.93. The molecule has 0 bridgehead atoms. The van der Waals surface area contributed by atoms with Gasteiger partial charge in [0.25, 0.3) is 0 Å². The predicted molar refractivity (Wildman–Crippen MR) is 200 cm³/mol. The molecule has 2 aromatic heterocycles. The number of benzene rings is 4. The first-order valence-electron chi connectivity index (χ1n) is 16.6. The molecule has 0 aliphatic carbocycles. The maximum absolute atomic E-state index is 14.3. The van der Waals surface area contributed by atoms with Crippen LogP contribution in [-0.2, 0) is 25.1 Å². The predicted octanol–water partition coefficient (Wildman–Crippen LogP) is 8.89. The molecular formula is C38H25BBrF14NaO5S2. The van der Waals surface area contributed by atoms with Crippen LogP contribution in [0.25, 0.3) is 10.4 Å². The van der Waals surface area contributed by atoms with Crippen molar-refractivity contribution in [1.29, 1.82) is 0 Å². The molecule has 0 radical (unpaired) electrons. The minimum Gasteiger partial charge on any atom is -0.870 e. The number of thiophene rings is 2. The zero-order valence-electron chi connectivity index (χ0n) is 31.6. The van der Waals surface area contributed by atoms with Crippen molar-refractivity contribution in [3.05, 3.63) is 156 Å². The van der Waals surface area contributed by atoms with Crippen molar-refractivity contribution in [2.45, 2.75) is 38.9 Å². The summed E-state index contributed by atoms with van der Waals surface area (Å²) in [6, 6.07) is 10.1. The van der Waals surface area contributed by atoms with Crippen LogP contribution in [0.4, 0.5) is 61.5 Å². The molecule has 0 saturated heterocycles. The summed E-state index contributed by atoms with van der Waals surface area (Å²) in [6.07, 6.45) is -7.53. The second-order valence-corrected chi connectivity index (χ2v) is 15.1. The Labute approximate surface area is 381 Å². The van der Waals surface area contributed by atoms with Gasteiger partial charge in [0.2, 0.25) is 0 Å². The quantitative estimate of drug-likeness (QED) is 0.0814. The van der Waals surface area contributed by atoms with Gasteiger partial charge in [-0.2, -0.15) is 17.6 Å². The van der Waals surface area contributed by atoms with Gasteiger partial charge in [-0.3, -0.25) is 0 Å². The van der Waals surface area contributed by atoms with Gasteiger partial charge in [-0.25, -0.2) is 43.9 Å². The average Bonchev–Trinajstić information content (AvgIpc) is 3.83. The van der Waals surface area contributed by atoms with Gasteiger partial charge in [-0.1, -0.05) is 35.8 Å². The van der Waals surface area contributed by atoms with Crippen LogP contribution in [0, 0.1) is 58.2 Å². The summed E-state index contributed by atoms with van der Waals surface area (Å²) in [5.41, 5.74) is -3.42. The van der Waals surface area contributed by atoms with Crippen molar-refractivity contribution >= 4 is 50.5 Å². The van der Waals surface area contributed by atoms with Gasteiger partial charge in [0.15, 0.2) is 34.9 Å². The number of aryl methyl sites for hydroxylation is 2. The molecule has 0 aliphatic heterocycles. The Kier molecular flexibility index (Phi) is 20.0. The molecule has 0 unspecified atom stereocenters. The monoisotopic (exact) mass is 1000 g/mol. The summed E-state index contributed by atoms with van der Waals surface area (Å²) in [5.74, 6) is -19.7. The van der Waals surface area contributed by atoms with E-state index >= 15 is 0 Å². The Bertz CT molecular complexity index is 2380. The number of halogens is 15. The topological polar surface area (TPSA) is 88.9 Å². The second kappa shape index (κ2) is 22.8. The van der Waals surface area contributed by atoms with Crippen LogP contribution in [0.2, 0.25) is 0 Å². The van der Waals surface area contributed by atoms with Gasteiger partial charge >= 0.3 is 48.9 Å². The van der Waals surface area contributed by atoms with E-state index < -0.39 is 100 Å². The normalized spacial score (nSPS) is 11.0. The molecule has 6 aromatic rings. The Morgan fingerprint density at radius 2 is 0.903 bits per heavy atom. The largest absolute Gasteiger partial charge is 1.00 e. The van der Waals surface area contributed by atoms with E-state index in [1.165, 1.54) is 27.6 Å². The molecule has 24 heteroatoms. The molecule has 0 amide bonds. The van der Waals surface area contributed by atoms with Crippen molar-refractivity contribution in [2.75, 3.05) is 0 Å².